The number of anilines is 1. The second-order valence-corrected chi connectivity index (χ2v) is 12.6. The van der Waals surface area contributed by atoms with E-state index in [0.29, 0.717) is 51.0 Å². The first-order valence-corrected chi connectivity index (χ1v) is 16.5. The molecular weight excluding hydrogens is 644 g/mol. The SMILES string of the molecule is CCOc1cc(C2C(=C(O)c3ccncc3)C(=O)C(=O)N2c2nnc(SCc3ccccc3Cl)s2)ccc1OCc1ccccc1. The minimum absolute atomic E-state index is 0.0860. The Hall–Kier alpha value is -4.71. The lowest BCUT2D eigenvalue weighted by molar-refractivity contribution is -0.132. The Kier molecular flexibility index (Phi) is 9.62. The van der Waals surface area contributed by atoms with Gasteiger partial charge in [0.1, 0.15) is 12.4 Å². The van der Waals surface area contributed by atoms with E-state index < -0.39 is 17.7 Å². The first kappa shape index (κ1) is 31.3. The molecule has 0 spiro atoms. The molecule has 1 atom stereocenters. The zero-order valence-corrected chi connectivity index (χ0v) is 26.9. The molecule has 1 aliphatic rings. The van der Waals surface area contributed by atoms with E-state index in [2.05, 4.69) is 15.2 Å². The quantitative estimate of drug-likeness (QED) is 0.0502. The van der Waals surface area contributed by atoms with Crippen molar-refractivity contribution in [3.63, 3.8) is 0 Å². The third-order valence-corrected chi connectivity index (χ3v) is 9.60. The summed E-state index contributed by atoms with van der Waals surface area (Å²) in [5, 5.41) is 20.9. The molecule has 46 heavy (non-hydrogen) atoms. The van der Waals surface area contributed by atoms with Gasteiger partial charge in [-0.05, 0) is 53.9 Å². The number of rotatable bonds is 11. The van der Waals surface area contributed by atoms with Gasteiger partial charge >= 0.3 is 5.91 Å². The van der Waals surface area contributed by atoms with Crippen LogP contribution in [0.25, 0.3) is 5.76 Å². The van der Waals surface area contributed by atoms with Crippen molar-refractivity contribution in [3.8, 4) is 11.5 Å². The Balaban J connectivity index is 1.39. The van der Waals surface area contributed by atoms with Crippen molar-refractivity contribution in [1.82, 2.24) is 15.2 Å². The highest BCUT2D eigenvalue weighted by atomic mass is 35.5. The number of hydrogen-bond acceptors (Lipinski definition) is 10. The number of aliphatic hydroxyl groups excluding tert-OH is 1. The van der Waals surface area contributed by atoms with Crippen molar-refractivity contribution in [2.45, 2.75) is 29.7 Å². The molecule has 5 aromatic rings. The topological polar surface area (TPSA) is 115 Å². The zero-order chi connectivity index (χ0) is 32.0. The van der Waals surface area contributed by atoms with Crippen LogP contribution < -0.4 is 14.4 Å². The Morgan fingerprint density at radius 3 is 2.48 bits per heavy atom. The van der Waals surface area contributed by atoms with Gasteiger partial charge in [-0.15, -0.1) is 10.2 Å². The maximum absolute atomic E-state index is 13.7. The number of halogens is 1. The van der Waals surface area contributed by atoms with Crippen LogP contribution in [0.1, 0.15) is 35.2 Å². The fourth-order valence-corrected chi connectivity index (χ4v) is 7.09. The van der Waals surface area contributed by atoms with Crippen LogP contribution in [0.15, 0.2) is 107 Å². The number of ether oxygens (including phenoxy) is 2. The molecule has 0 aliphatic carbocycles. The average Bonchev–Trinajstić information content (AvgIpc) is 3.66. The highest BCUT2D eigenvalue weighted by Gasteiger charge is 2.48. The average molecular weight is 671 g/mol. The summed E-state index contributed by atoms with van der Waals surface area (Å²) < 4.78 is 12.6. The van der Waals surface area contributed by atoms with E-state index in [1.54, 1.807) is 30.3 Å². The van der Waals surface area contributed by atoms with E-state index in [-0.39, 0.29) is 16.5 Å². The van der Waals surface area contributed by atoms with E-state index in [0.717, 1.165) is 11.1 Å². The number of carbonyl (C=O) groups excluding carboxylic acids is 2. The first-order chi connectivity index (χ1) is 22.4. The van der Waals surface area contributed by atoms with Crippen molar-refractivity contribution in [2.24, 2.45) is 0 Å². The number of amides is 1. The summed E-state index contributed by atoms with van der Waals surface area (Å²) in [5.41, 5.74) is 2.70. The lowest BCUT2D eigenvalue weighted by atomic mass is 9.95. The van der Waals surface area contributed by atoms with E-state index in [4.69, 9.17) is 21.1 Å². The van der Waals surface area contributed by atoms with Gasteiger partial charge in [0, 0.05) is 28.7 Å². The number of Topliss-reactive ketones (excluding diaryl/α,β-unsaturated/α-hetero) is 1. The Morgan fingerprint density at radius 1 is 0.957 bits per heavy atom. The molecule has 1 N–H and O–H groups in total. The Morgan fingerprint density at radius 2 is 1.72 bits per heavy atom. The molecule has 232 valence electrons. The highest BCUT2D eigenvalue weighted by Crippen LogP contribution is 2.46. The zero-order valence-electron chi connectivity index (χ0n) is 24.5. The predicted octanol–water partition coefficient (Wildman–Crippen LogP) is 7.48. The fraction of sp³-hybridized carbons (Fsp3) is 0.147. The largest absolute Gasteiger partial charge is 0.507 e. The van der Waals surface area contributed by atoms with E-state index in [1.165, 1.54) is 40.4 Å². The van der Waals surface area contributed by atoms with E-state index >= 15 is 0 Å². The number of aromatic nitrogens is 3. The van der Waals surface area contributed by atoms with Gasteiger partial charge in [0.25, 0.3) is 5.78 Å². The summed E-state index contributed by atoms with van der Waals surface area (Å²) in [6.45, 7) is 2.52. The number of aliphatic hydroxyl groups is 1. The molecule has 1 amide bonds. The number of nitrogens with zero attached hydrogens (tertiary/aromatic N) is 4. The first-order valence-electron chi connectivity index (χ1n) is 14.3. The molecular formula is C34H27ClN4O5S2. The Bertz CT molecular complexity index is 1900. The summed E-state index contributed by atoms with van der Waals surface area (Å²) >= 11 is 8.92. The van der Waals surface area contributed by atoms with Gasteiger partial charge in [-0.2, -0.15) is 0 Å². The lowest BCUT2D eigenvalue weighted by Gasteiger charge is -2.23. The Labute approximate surface area is 278 Å². The molecule has 1 aliphatic heterocycles. The molecule has 3 aromatic carbocycles. The van der Waals surface area contributed by atoms with E-state index in [1.807, 2.05) is 61.5 Å². The smallest absolute Gasteiger partial charge is 0.301 e. The molecule has 0 radical (unpaired) electrons. The highest BCUT2D eigenvalue weighted by molar-refractivity contribution is 8.00. The minimum atomic E-state index is -1.02. The summed E-state index contributed by atoms with van der Waals surface area (Å²) in [4.78, 5) is 32.6. The van der Waals surface area contributed by atoms with Crippen LogP contribution in [0.2, 0.25) is 5.02 Å². The fourth-order valence-electron chi connectivity index (χ4n) is 4.94. The third-order valence-electron chi connectivity index (χ3n) is 7.13. The van der Waals surface area contributed by atoms with Crippen LogP contribution in [-0.4, -0.2) is 38.6 Å². The predicted molar refractivity (Wildman–Crippen MR) is 178 cm³/mol. The van der Waals surface area contributed by atoms with Gasteiger partial charge in [-0.3, -0.25) is 19.5 Å². The van der Waals surface area contributed by atoms with Crippen molar-refractivity contribution in [3.05, 3.63) is 130 Å². The minimum Gasteiger partial charge on any atom is -0.507 e. The van der Waals surface area contributed by atoms with Crippen molar-refractivity contribution >= 4 is 57.3 Å². The molecule has 1 fully saturated rings. The van der Waals surface area contributed by atoms with Gasteiger partial charge in [0.15, 0.2) is 15.8 Å². The molecule has 0 saturated carbocycles. The second-order valence-electron chi connectivity index (χ2n) is 10.0. The van der Waals surface area contributed by atoms with Crippen LogP contribution in [0.5, 0.6) is 11.5 Å². The number of hydrogen-bond donors (Lipinski definition) is 1. The summed E-state index contributed by atoms with van der Waals surface area (Å²) in [6.07, 6.45) is 3.00. The van der Waals surface area contributed by atoms with Gasteiger partial charge in [-0.25, -0.2) is 0 Å². The maximum atomic E-state index is 13.7. The number of benzene rings is 3. The molecule has 1 unspecified atom stereocenters. The van der Waals surface area contributed by atoms with Gasteiger partial charge < -0.3 is 14.6 Å². The third kappa shape index (κ3) is 6.62. The molecule has 6 rings (SSSR count). The normalized spacial score (nSPS) is 15.7. The molecule has 9 nitrogen and oxygen atoms in total. The molecule has 2 aromatic heterocycles. The number of pyridine rings is 1. The molecule has 12 heteroatoms. The summed E-state index contributed by atoms with van der Waals surface area (Å²) in [7, 11) is 0. The second kappa shape index (κ2) is 14.2. The van der Waals surface area contributed by atoms with Crippen LogP contribution in [0.3, 0.4) is 0 Å². The van der Waals surface area contributed by atoms with Gasteiger partial charge in [0.2, 0.25) is 5.13 Å². The summed E-state index contributed by atoms with van der Waals surface area (Å²) in [5.74, 6) is -0.536. The standard InChI is InChI=1S/C34H27ClN4O5S2/c1-2-43-27-18-23(12-13-26(27)44-19-21-8-4-3-5-9-21)29-28(30(40)22-14-16-36-17-15-22)31(41)32(42)39(29)33-37-38-34(46-33)45-20-24-10-6-7-11-25(24)35/h3-18,29,40H,2,19-20H2,1H3. The monoisotopic (exact) mass is 670 g/mol. The van der Waals surface area contributed by atoms with Gasteiger partial charge in [0.05, 0.1) is 18.2 Å². The van der Waals surface area contributed by atoms with Crippen LogP contribution >= 0.6 is 34.7 Å². The van der Waals surface area contributed by atoms with E-state index in [9.17, 15) is 14.7 Å². The lowest BCUT2D eigenvalue weighted by Crippen LogP contribution is -2.29. The van der Waals surface area contributed by atoms with Crippen molar-refractivity contribution in [1.29, 1.82) is 0 Å². The number of carbonyl (C=O) groups is 2. The molecule has 1 saturated heterocycles. The van der Waals surface area contributed by atoms with Crippen LogP contribution in [0.4, 0.5) is 5.13 Å². The summed E-state index contributed by atoms with van der Waals surface area (Å²) in [6, 6.07) is 24.6. The van der Waals surface area contributed by atoms with Crippen molar-refractivity contribution in [2.75, 3.05) is 11.5 Å². The van der Waals surface area contributed by atoms with Crippen LogP contribution in [-0.2, 0) is 21.9 Å². The number of ketones is 1. The molecule has 0 bridgehead atoms. The number of thioether (sulfide) groups is 1. The maximum Gasteiger partial charge on any atom is 0.301 e. The molecule has 3 heterocycles. The van der Waals surface area contributed by atoms with Crippen molar-refractivity contribution < 1.29 is 24.2 Å². The van der Waals surface area contributed by atoms with Gasteiger partial charge in [-0.1, -0.05) is 89.3 Å². The van der Waals surface area contributed by atoms with Crippen LogP contribution in [0, 0.1) is 0 Å².